The topological polar surface area (TPSA) is 60.2 Å². The predicted octanol–water partition coefficient (Wildman–Crippen LogP) is 2.80. The van der Waals surface area contributed by atoms with Crippen LogP contribution < -0.4 is 10.6 Å². The van der Waals surface area contributed by atoms with Gasteiger partial charge >= 0.3 is 0 Å². The fraction of sp³-hybridized carbons (Fsp3) is 0.500. The maximum absolute atomic E-state index is 13.6. The van der Waals surface area contributed by atoms with Gasteiger partial charge in [-0.3, -0.25) is 4.99 Å². The van der Waals surface area contributed by atoms with Crippen LogP contribution in [0.15, 0.2) is 23.2 Å². The number of guanidine groups is 1. The van der Waals surface area contributed by atoms with Gasteiger partial charge in [0.05, 0.1) is 11.6 Å². The van der Waals surface area contributed by atoms with Crippen LogP contribution in [0.4, 0.5) is 4.39 Å². The fourth-order valence-corrected chi connectivity index (χ4v) is 1.90. The number of hydrogen-bond acceptors (Lipinski definition) is 2. The van der Waals surface area contributed by atoms with Crippen LogP contribution in [0, 0.1) is 23.1 Å². The van der Waals surface area contributed by atoms with Crippen LogP contribution in [0.5, 0.6) is 0 Å². The molecule has 21 heavy (non-hydrogen) atoms. The Morgan fingerprint density at radius 3 is 2.76 bits per heavy atom. The van der Waals surface area contributed by atoms with E-state index in [1.165, 1.54) is 12.1 Å². The second kappa shape index (κ2) is 8.96. The lowest BCUT2D eigenvalue weighted by molar-refractivity contribution is 0.549. The third-order valence-electron chi connectivity index (χ3n) is 3.10. The van der Waals surface area contributed by atoms with Crippen molar-refractivity contribution in [1.29, 1.82) is 5.26 Å². The van der Waals surface area contributed by atoms with Crippen molar-refractivity contribution in [1.82, 2.24) is 10.6 Å². The van der Waals surface area contributed by atoms with Gasteiger partial charge in [-0.2, -0.15) is 5.26 Å². The number of hydrogen-bond donors (Lipinski definition) is 2. The molecule has 0 bridgehead atoms. The molecule has 1 aromatic rings. The van der Waals surface area contributed by atoms with Crippen LogP contribution in [-0.2, 0) is 6.54 Å². The van der Waals surface area contributed by atoms with Crippen LogP contribution in [0.25, 0.3) is 0 Å². The lowest BCUT2D eigenvalue weighted by Gasteiger charge is -2.13. The van der Waals surface area contributed by atoms with Gasteiger partial charge in [-0.15, -0.1) is 0 Å². The van der Waals surface area contributed by atoms with E-state index in [9.17, 15) is 4.39 Å². The molecule has 0 atom stereocenters. The van der Waals surface area contributed by atoms with Gasteiger partial charge in [0.25, 0.3) is 0 Å². The van der Waals surface area contributed by atoms with Gasteiger partial charge in [0.1, 0.15) is 5.82 Å². The summed E-state index contributed by atoms with van der Waals surface area (Å²) in [5.74, 6) is 1.00. The van der Waals surface area contributed by atoms with E-state index >= 15 is 0 Å². The molecule has 0 saturated heterocycles. The molecule has 1 aromatic carbocycles. The van der Waals surface area contributed by atoms with E-state index < -0.39 is 0 Å². The van der Waals surface area contributed by atoms with Gasteiger partial charge < -0.3 is 10.6 Å². The van der Waals surface area contributed by atoms with Gasteiger partial charge in [-0.05, 0) is 37.0 Å². The SMILES string of the molecule is CN=C(NCCCC(C)C)NCc1cc(C#N)ccc1F. The van der Waals surface area contributed by atoms with Gasteiger partial charge in [0, 0.05) is 25.7 Å². The number of nitrogens with zero attached hydrogens (tertiary/aromatic N) is 2. The minimum absolute atomic E-state index is 0.297. The molecule has 0 amide bonds. The van der Waals surface area contributed by atoms with Gasteiger partial charge in [0.15, 0.2) is 5.96 Å². The molecule has 4 nitrogen and oxygen atoms in total. The second-order valence-corrected chi connectivity index (χ2v) is 5.31. The molecule has 5 heteroatoms. The molecule has 0 saturated carbocycles. The van der Waals surface area contributed by atoms with Crippen molar-refractivity contribution < 1.29 is 4.39 Å². The summed E-state index contributed by atoms with van der Waals surface area (Å²) in [5.41, 5.74) is 0.910. The number of nitrogens with one attached hydrogen (secondary N) is 2. The first-order valence-electron chi connectivity index (χ1n) is 7.20. The Morgan fingerprint density at radius 1 is 1.38 bits per heavy atom. The monoisotopic (exact) mass is 290 g/mol. The third kappa shape index (κ3) is 6.26. The first-order chi connectivity index (χ1) is 10.1. The van der Waals surface area contributed by atoms with E-state index in [0.29, 0.717) is 29.5 Å². The van der Waals surface area contributed by atoms with Crippen LogP contribution in [0.1, 0.15) is 37.8 Å². The zero-order valence-corrected chi connectivity index (χ0v) is 12.9. The molecular weight excluding hydrogens is 267 g/mol. The molecule has 0 radical (unpaired) electrons. The van der Waals surface area contributed by atoms with Crippen molar-refractivity contribution in [2.45, 2.75) is 33.2 Å². The normalized spacial score (nSPS) is 11.3. The molecule has 0 aliphatic heterocycles. The Hall–Kier alpha value is -2.09. The average molecular weight is 290 g/mol. The zero-order chi connectivity index (χ0) is 15.7. The van der Waals surface area contributed by atoms with Crippen molar-refractivity contribution in [3.8, 4) is 6.07 Å². The molecule has 0 unspecified atom stereocenters. The summed E-state index contributed by atoms with van der Waals surface area (Å²) < 4.78 is 13.6. The zero-order valence-electron chi connectivity index (χ0n) is 12.9. The summed E-state index contributed by atoms with van der Waals surface area (Å²) in [7, 11) is 1.68. The summed E-state index contributed by atoms with van der Waals surface area (Å²) in [6, 6.07) is 6.34. The fourth-order valence-electron chi connectivity index (χ4n) is 1.90. The number of halogens is 1. The summed E-state index contributed by atoms with van der Waals surface area (Å²) in [5, 5.41) is 15.1. The lowest BCUT2D eigenvalue weighted by atomic mass is 10.1. The standard InChI is InChI=1S/C16H23FN4/c1-12(2)5-4-8-20-16(19-3)21-11-14-9-13(10-18)6-7-15(14)17/h6-7,9,12H,4-5,8,11H2,1-3H3,(H2,19,20,21). The number of nitriles is 1. The Balaban J connectivity index is 2.47. The highest BCUT2D eigenvalue weighted by Crippen LogP contribution is 2.09. The minimum Gasteiger partial charge on any atom is -0.356 e. The van der Waals surface area contributed by atoms with E-state index in [4.69, 9.17) is 5.26 Å². The van der Waals surface area contributed by atoms with E-state index in [1.807, 2.05) is 6.07 Å². The highest BCUT2D eigenvalue weighted by atomic mass is 19.1. The quantitative estimate of drug-likeness (QED) is 0.481. The van der Waals surface area contributed by atoms with Crippen molar-refractivity contribution in [3.63, 3.8) is 0 Å². The van der Waals surface area contributed by atoms with E-state index in [0.717, 1.165) is 19.4 Å². The van der Waals surface area contributed by atoms with Crippen LogP contribution in [0.3, 0.4) is 0 Å². The van der Waals surface area contributed by atoms with Crippen molar-refractivity contribution in [2.24, 2.45) is 10.9 Å². The summed E-state index contributed by atoms with van der Waals surface area (Å²) in [6.45, 7) is 5.51. The summed E-state index contributed by atoms with van der Waals surface area (Å²) >= 11 is 0. The number of aliphatic imine (C=N–C) groups is 1. The minimum atomic E-state index is -0.322. The average Bonchev–Trinajstić information content (AvgIpc) is 2.47. The van der Waals surface area contributed by atoms with Gasteiger partial charge in [0.2, 0.25) is 0 Å². The molecule has 114 valence electrons. The van der Waals surface area contributed by atoms with Gasteiger partial charge in [-0.25, -0.2) is 4.39 Å². The van der Waals surface area contributed by atoms with Crippen molar-refractivity contribution in [2.75, 3.05) is 13.6 Å². The molecule has 2 N–H and O–H groups in total. The van der Waals surface area contributed by atoms with Gasteiger partial charge in [-0.1, -0.05) is 13.8 Å². The molecule has 0 aromatic heterocycles. The van der Waals surface area contributed by atoms with Crippen LogP contribution in [-0.4, -0.2) is 19.6 Å². The maximum Gasteiger partial charge on any atom is 0.191 e. The summed E-state index contributed by atoms with van der Waals surface area (Å²) in [6.07, 6.45) is 2.22. The first kappa shape index (κ1) is 17.0. The maximum atomic E-state index is 13.6. The molecule has 0 spiro atoms. The highest BCUT2D eigenvalue weighted by Gasteiger charge is 2.05. The van der Waals surface area contributed by atoms with E-state index in [-0.39, 0.29) is 5.82 Å². The predicted molar refractivity (Wildman–Crippen MR) is 83.4 cm³/mol. The first-order valence-corrected chi connectivity index (χ1v) is 7.20. The third-order valence-corrected chi connectivity index (χ3v) is 3.10. The Labute approximate surface area is 126 Å². The highest BCUT2D eigenvalue weighted by molar-refractivity contribution is 5.79. The van der Waals surface area contributed by atoms with Crippen molar-refractivity contribution in [3.05, 3.63) is 35.1 Å². The van der Waals surface area contributed by atoms with Crippen LogP contribution in [0.2, 0.25) is 0 Å². The van der Waals surface area contributed by atoms with E-state index in [2.05, 4.69) is 29.5 Å². The molecule has 0 aliphatic rings. The smallest absolute Gasteiger partial charge is 0.191 e. The molecule has 0 fully saturated rings. The summed E-state index contributed by atoms with van der Waals surface area (Å²) in [4.78, 5) is 4.10. The largest absolute Gasteiger partial charge is 0.356 e. The van der Waals surface area contributed by atoms with Crippen molar-refractivity contribution >= 4 is 5.96 Å². The molecule has 1 rings (SSSR count). The number of rotatable bonds is 6. The Morgan fingerprint density at radius 2 is 2.14 bits per heavy atom. The molecule has 0 heterocycles. The van der Waals surface area contributed by atoms with Crippen LogP contribution >= 0.6 is 0 Å². The lowest BCUT2D eigenvalue weighted by Crippen LogP contribution is -2.37. The Kier molecular flexibility index (Phi) is 7.24. The molecule has 0 aliphatic carbocycles. The molecular formula is C16H23FN4. The second-order valence-electron chi connectivity index (χ2n) is 5.31. The number of benzene rings is 1. The van der Waals surface area contributed by atoms with E-state index in [1.54, 1.807) is 13.1 Å². The Bertz CT molecular complexity index is 517.